The van der Waals surface area contributed by atoms with Crippen LogP contribution >= 0.6 is 12.2 Å². The number of hydrogen-bond donors (Lipinski definition) is 1. The summed E-state index contributed by atoms with van der Waals surface area (Å²) in [4.78, 5) is 0.442. The van der Waals surface area contributed by atoms with E-state index in [4.69, 9.17) is 17.4 Å². The normalized spacial score (nSPS) is 10.1. The van der Waals surface area contributed by atoms with Gasteiger partial charge in [0.15, 0.2) is 0 Å². The van der Waals surface area contributed by atoms with Crippen molar-refractivity contribution in [3.8, 4) is 0 Å². The van der Waals surface area contributed by atoms with E-state index in [0.29, 0.717) is 4.99 Å². The van der Waals surface area contributed by atoms with Gasteiger partial charge in [-0.3, -0.25) is 5.21 Å². The molecule has 0 aromatic rings. The minimum Gasteiger partial charge on any atom is -0.288 e. The highest BCUT2D eigenvalue weighted by molar-refractivity contribution is 7.80. The fourth-order valence-electron chi connectivity index (χ4n) is 0.327. The van der Waals surface area contributed by atoms with E-state index in [9.17, 15) is 0 Å². The zero-order chi connectivity index (χ0) is 7.28. The van der Waals surface area contributed by atoms with Crippen molar-refractivity contribution in [1.29, 1.82) is 0 Å². The average Bonchev–Trinajstić information content (AvgIpc) is 1.82. The molecule has 52 valence electrons. The molecule has 9 heavy (non-hydrogen) atoms. The molecule has 0 saturated carbocycles. The Balaban J connectivity index is 3.63. The highest BCUT2D eigenvalue weighted by Gasteiger charge is 1.90. The minimum atomic E-state index is 0.442. The second-order valence-electron chi connectivity index (χ2n) is 1.67. The molecule has 0 saturated heterocycles. The van der Waals surface area contributed by atoms with Crippen LogP contribution in [0, 0.1) is 0 Å². The molecule has 0 aromatic carbocycles. The first kappa shape index (κ1) is 8.59. The summed E-state index contributed by atoms with van der Waals surface area (Å²) in [5.41, 5.74) is 0. The Hall–Kier alpha value is -0.410. The maximum Gasteiger partial charge on any atom is 0.125 e. The van der Waals surface area contributed by atoms with Gasteiger partial charge in [0.1, 0.15) is 4.99 Å². The summed E-state index contributed by atoms with van der Waals surface area (Å²) in [5, 5.41) is 9.61. The van der Waals surface area contributed by atoms with Crippen molar-refractivity contribution in [2.45, 2.75) is 13.3 Å². The van der Waals surface area contributed by atoms with Crippen LogP contribution in [0.15, 0.2) is 12.2 Å². The molecule has 0 amide bonds. The van der Waals surface area contributed by atoms with E-state index < -0.39 is 0 Å². The lowest BCUT2D eigenvalue weighted by atomic mass is 10.4. The van der Waals surface area contributed by atoms with Crippen LogP contribution in [0.2, 0.25) is 0 Å². The predicted molar refractivity (Wildman–Crippen MR) is 41.6 cm³/mol. The molecule has 2 nitrogen and oxygen atoms in total. The van der Waals surface area contributed by atoms with Crippen LogP contribution in [0.4, 0.5) is 0 Å². The largest absolute Gasteiger partial charge is 0.288 e. The Morgan fingerprint density at radius 2 is 2.33 bits per heavy atom. The van der Waals surface area contributed by atoms with Gasteiger partial charge in [0.05, 0.1) is 0 Å². The molecule has 0 fully saturated rings. The van der Waals surface area contributed by atoms with Crippen molar-refractivity contribution >= 4 is 17.2 Å². The summed E-state index contributed by atoms with van der Waals surface area (Å²) in [6.45, 7) is 2.01. The molecule has 0 rings (SSSR count). The quantitative estimate of drug-likeness (QED) is 0.363. The maximum atomic E-state index is 8.69. The molecule has 0 aromatic heterocycles. The molecule has 0 radical (unpaired) electrons. The molecule has 0 bridgehead atoms. The van der Waals surface area contributed by atoms with E-state index in [2.05, 4.69) is 0 Å². The van der Waals surface area contributed by atoms with Crippen molar-refractivity contribution in [1.82, 2.24) is 5.06 Å². The topological polar surface area (TPSA) is 23.5 Å². The van der Waals surface area contributed by atoms with E-state index in [-0.39, 0.29) is 0 Å². The summed E-state index contributed by atoms with van der Waals surface area (Å²) >= 11 is 4.73. The molecule has 0 heterocycles. The lowest BCUT2D eigenvalue weighted by molar-refractivity contribution is 0.0178. The smallest absolute Gasteiger partial charge is 0.125 e. The number of hydrogen-bond acceptors (Lipinski definition) is 2. The van der Waals surface area contributed by atoms with E-state index in [1.807, 2.05) is 13.0 Å². The monoisotopic (exact) mass is 145 g/mol. The number of rotatable bonds is 2. The third-order valence-corrected chi connectivity index (χ3v) is 1.22. The van der Waals surface area contributed by atoms with Crippen LogP contribution in [0.3, 0.4) is 0 Å². The van der Waals surface area contributed by atoms with Crippen LogP contribution in [-0.2, 0) is 0 Å². The Labute approximate surface area is 60.7 Å². The molecule has 0 aliphatic carbocycles. The minimum absolute atomic E-state index is 0.442. The first-order chi connectivity index (χ1) is 4.18. The Bertz CT molecular complexity index is 120. The van der Waals surface area contributed by atoms with Gasteiger partial charge in [0.2, 0.25) is 0 Å². The van der Waals surface area contributed by atoms with Gasteiger partial charge in [-0.25, -0.2) is 5.06 Å². The molecular formula is C6H11NOS. The van der Waals surface area contributed by atoms with Crippen molar-refractivity contribution in [3.63, 3.8) is 0 Å². The first-order valence-corrected chi connectivity index (χ1v) is 3.22. The van der Waals surface area contributed by atoms with Crippen LogP contribution < -0.4 is 0 Å². The standard InChI is InChI=1S/C6H11NOS/c1-3-4-5-6(9)7(2)8/h4-5,8H,3H2,1-2H3/b5-4-. The van der Waals surface area contributed by atoms with Crippen molar-refractivity contribution in [2.24, 2.45) is 0 Å². The molecular weight excluding hydrogens is 134 g/mol. The predicted octanol–water partition coefficient (Wildman–Crippen LogP) is 1.60. The van der Waals surface area contributed by atoms with Crippen molar-refractivity contribution in [2.75, 3.05) is 7.05 Å². The lowest BCUT2D eigenvalue weighted by Gasteiger charge is -2.05. The van der Waals surface area contributed by atoms with E-state index in [1.165, 1.54) is 7.05 Å². The first-order valence-electron chi connectivity index (χ1n) is 2.81. The molecule has 0 atom stereocenters. The molecule has 0 aliphatic heterocycles. The summed E-state index contributed by atoms with van der Waals surface area (Å²) in [5.74, 6) is 0. The number of likely N-dealkylation sites (N-methyl/N-ethyl adjacent to an activating group) is 1. The van der Waals surface area contributed by atoms with Crippen molar-refractivity contribution in [3.05, 3.63) is 12.2 Å². The second kappa shape index (κ2) is 4.47. The zero-order valence-corrected chi connectivity index (χ0v) is 6.48. The number of nitrogens with zero attached hydrogens (tertiary/aromatic N) is 1. The van der Waals surface area contributed by atoms with Crippen LogP contribution in [0.1, 0.15) is 13.3 Å². The SMILES string of the molecule is CC/C=C\C(=S)N(C)O. The average molecular weight is 145 g/mol. The summed E-state index contributed by atoms with van der Waals surface area (Å²) in [6.07, 6.45) is 4.54. The Morgan fingerprint density at radius 1 is 1.78 bits per heavy atom. The summed E-state index contributed by atoms with van der Waals surface area (Å²) in [7, 11) is 1.50. The third kappa shape index (κ3) is 4.12. The molecule has 3 heteroatoms. The summed E-state index contributed by atoms with van der Waals surface area (Å²) < 4.78 is 0. The van der Waals surface area contributed by atoms with Gasteiger partial charge in [-0.05, 0) is 12.5 Å². The lowest BCUT2D eigenvalue weighted by Crippen LogP contribution is -2.17. The fraction of sp³-hybridized carbons (Fsp3) is 0.500. The van der Waals surface area contributed by atoms with Crippen LogP contribution in [0.25, 0.3) is 0 Å². The number of hydroxylamine groups is 2. The fourth-order valence-corrected chi connectivity index (χ4v) is 0.423. The van der Waals surface area contributed by atoms with Gasteiger partial charge in [-0.2, -0.15) is 0 Å². The van der Waals surface area contributed by atoms with Gasteiger partial charge in [-0.15, -0.1) is 0 Å². The van der Waals surface area contributed by atoms with Crippen molar-refractivity contribution < 1.29 is 5.21 Å². The highest BCUT2D eigenvalue weighted by Crippen LogP contribution is 1.87. The zero-order valence-electron chi connectivity index (χ0n) is 5.66. The van der Waals surface area contributed by atoms with Gasteiger partial charge in [0, 0.05) is 7.05 Å². The van der Waals surface area contributed by atoms with Crippen LogP contribution in [-0.4, -0.2) is 22.3 Å². The molecule has 0 aliphatic rings. The van der Waals surface area contributed by atoms with Gasteiger partial charge in [-0.1, -0.05) is 25.2 Å². The van der Waals surface area contributed by atoms with Gasteiger partial charge in [0.25, 0.3) is 0 Å². The Kier molecular flexibility index (Phi) is 4.26. The molecule has 0 unspecified atom stereocenters. The van der Waals surface area contributed by atoms with E-state index in [1.54, 1.807) is 6.08 Å². The summed E-state index contributed by atoms with van der Waals surface area (Å²) in [6, 6.07) is 0. The van der Waals surface area contributed by atoms with Gasteiger partial charge < -0.3 is 0 Å². The van der Waals surface area contributed by atoms with Gasteiger partial charge >= 0.3 is 0 Å². The maximum absolute atomic E-state index is 8.69. The molecule has 1 N–H and O–H groups in total. The Morgan fingerprint density at radius 3 is 2.67 bits per heavy atom. The highest BCUT2D eigenvalue weighted by atomic mass is 32.1. The van der Waals surface area contributed by atoms with E-state index in [0.717, 1.165) is 11.5 Å². The molecule has 0 spiro atoms. The van der Waals surface area contributed by atoms with Crippen LogP contribution in [0.5, 0.6) is 0 Å². The van der Waals surface area contributed by atoms with E-state index >= 15 is 0 Å². The second-order valence-corrected chi connectivity index (χ2v) is 2.09. The number of thiocarbonyl (C=S) groups is 1. The number of allylic oxidation sites excluding steroid dienone is 1. The third-order valence-electron chi connectivity index (χ3n) is 0.815.